The van der Waals surface area contributed by atoms with E-state index in [2.05, 4.69) is 19.2 Å². The lowest BCUT2D eigenvalue weighted by atomic mass is 9.89. The molecule has 4 rings (SSSR count). The van der Waals surface area contributed by atoms with Crippen molar-refractivity contribution in [3.63, 3.8) is 0 Å². The van der Waals surface area contributed by atoms with Crippen molar-refractivity contribution < 1.29 is 22.3 Å². The van der Waals surface area contributed by atoms with E-state index < -0.39 is 15.6 Å². The van der Waals surface area contributed by atoms with Crippen LogP contribution in [0, 0.1) is 25.6 Å². The van der Waals surface area contributed by atoms with Crippen molar-refractivity contribution in [2.75, 3.05) is 38.1 Å². The molecule has 2 aromatic carbocycles. The molecule has 2 heterocycles. The molecule has 0 aromatic heterocycles. The van der Waals surface area contributed by atoms with Gasteiger partial charge in [-0.3, -0.25) is 9.69 Å². The third-order valence-corrected chi connectivity index (χ3v) is 9.24. The number of rotatable bonds is 7. The molecule has 1 unspecified atom stereocenters. The molecule has 7 nitrogen and oxygen atoms in total. The fourth-order valence-electron chi connectivity index (χ4n) is 5.38. The Labute approximate surface area is 220 Å². The lowest BCUT2D eigenvalue weighted by Gasteiger charge is -2.50. The van der Waals surface area contributed by atoms with Gasteiger partial charge in [0.25, 0.3) is 0 Å². The van der Waals surface area contributed by atoms with Crippen molar-refractivity contribution in [3.05, 3.63) is 59.4 Å². The number of aryl methyl sites for hydroxylation is 1. The quantitative estimate of drug-likeness (QED) is 0.575. The highest BCUT2D eigenvalue weighted by molar-refractivity contribution is 7.89. The van der Waals surface area contributed by atoms with E-state index >= 15 is 0 Å². The molecule has 9 heteroatoms. The number of sulfonamides is 1. The van der Waals surface area contributed by atoms with Gasteiger partial charge in [-0.15, -0.1) is 0 Å². The molecule has 202 valence electrons. The summed E-state index contributed by atoms with van der Waals surface area (Å²) in [5.74, 6) is -0.282. The van der Waals surface area contributed by atoms with Crippen molar-refractivity contribution in [2.45, 2.75) is 63.5 Å². The number of benzene rings is 2. The molecule has 1 N–H and O–H groups in total. The van der Waals surface area contributed by atoms with Crippen LogP contribution < -0.4 is 5.32 Å². The standard InChI is InChI=1S/C28H38FN3O4S/c1-20(2)15-23-17-36-28(19-32(23)37(34,35)24-11-9-21(3)10-12-24)13-6-14-31(18-28)16-27(33)30-26-8-5-7-25(29)22(26)4/h5,7-12,20,23H,6,13-19H2,1-4H3,(H,30,33)/t23-,28?/m0/s1. The van der Waals surface area contributed by atoms with Gasteiger partial charge in [-0.1, -0.05) is 37.6 Å². The number of nitrogens with zero attached hydrogens (tertiary/aromatic N) is 2. The first kappa shape index (κ1) is 27.7. The monoisotopic (exact) mass is 531 g/mol. The van der Waals surface area contributed by atoms with Gasteiger partial charge in [0.1, 0.15) is 5.82 Å². The summed E-state index contributed by atoms with van der Waals surface area (Å²) in [6.07, 6.45) is 2.22. The summed E-state index contributed by atoms with van der Waals surface area (Å²) in [5.41, 5.74) is 1.18. The van der Waals surface area contributed by atoms with Crippen LogP contribution in [0.1, 0.15) is 44.2 Å². The fourth-order valence-corrected chi connectivity index (χ4v) is 7.07. The van der Waals surface area contributed by atoms with Crippen LogP contribution in [0.15, 0.2) is 47.4 Å². The number of likely N-dealkylation sites (tertiary alicyclic amines) is 1. The van der Waals surface area contributed by atoms with Crippen molar-refractivity contribution in [2.24, 2.45) is 5.92 Å². The summed E-state index contributed by atoms with van der Waals surface area (Å²) < 4.78 is 49.6. The van der Waals surface area contributed by atoms with E-state index in [-0.39, 0.29) is 30.9 Å². The lowest BCUT2D eigenvalue weighted by Crippen LogP contribution is -2.64. The SMILES string of the molecule is Cc1ccc(S(=O)(=O)N2CC3(CCCN(CC(=O)Nc4cccc(F)c4C)C3)OC[C@@H]2CC(C)C)cc1. The third kappa shape index (κ3) is 6.39. The Bertz CT molecular complexity index is 1220. The van der Waals surface area contributed by atoms with E-state index in [1.54, 1.807) is 35.5 Å². The summed E-state index contributed by atoms with van der Waals surface area (Å²) in [5, 5.41) is 2.81. The van der Waals surface area contributed by atoms with Gasteiger partial charge < -0.3 is 10.1 Å². The molecule has 0 radical (unpaired) electrons. The number of amides is 1. The van der Waals surface area contributed by atoms with Crippen molar-refractivity contribution in [3.8, 4) is 0 Å². The Kier molecular flexibility index (Phi) is 8.38. The van der Waals surface area contributed by atoms with Crippen molar-refractivity contribution in [1.29, 1.82) is 0 Å². The average Bonchev–Trinajstić information content (AvgIpc) is 2.83. The topological polar surface area (TPSA) is 79.0 Å². The van der Waals surface area contributed by atoms with Gasteiger partial charge in [0.2, 0.25) is 15.9 Å². The molecule has 2 aliphatic heterocycles. The summed E-state index contributed by atoms with van der Waals surface area (Å²) in [6.45, 7) is 9.61. The first-order valence-electron chi connectivity index (χ1n) is 13.0. The van der Waals surface area contributed by atoms with Gasteiger partial charge in [-0.05, 0) is 69.8 Å². The summed E-state index contributed by atoms with van der Waals surface area (Å²) in [4.78, 5) is 15.1. The first-order chi connectivity index (χ1) is 17.5. The molecule has 2 saturated heterocycles. The maximum Gasteiger partial charge on any atom is 0.243 e. The third-order valence-electron chi connectivity index (χ3n) is 7.33. The van der Waals surface area contributed by atoms with Crippen molar-refractivity contribution in [1.82, 2.24) is 9.21 Å². The van der Waals surface area contributed by atoms with Crippen LogP contribution in [0.5, 0.6) is 0 Å². The highest BCUT2D eigenvalue weighted by atomic mass is 32.2. The molecule has 2 aromatic rings. The van der Waals surface area contributed by atoms with E-state index in [9.17, 15) is 17.6 Å². The number of nitrogens with one attached hydrogen (secondary N) is 1. The van der Waals surface area contributed by atoms with E-state index in [1.165, 1.54) is 6.07 Å². The highest BCUT2D eigenvalue weighted by Crippen LogP contribution is 2.35. The molecular formula is C28H38FN3O4S. The second-order valence-electron chi connectivity index (χ2n) is 10.9. The van der Waals surface area contributed by atoms with E-state index in [4.69, 9.17) is 4.74 Å². The Morgan fingerprint density at radius 3 is 2.59 bits per heavy atom. The van der Waals surface area contributed by atoms with Crippen LogP contribution >= 0.6 is 0 Å². The van der Waals surface area contributed by atoms with Crippen LogP contribution in [0.2, 0.25) is 0 Å². The minimum absolute atomic E-state index is 0.126. The number of morpholine rings is 1. The molecule has 0 saturated carbocycles. The van der Waals surface area contributed by atoms with Crippen LogP contribution in [-0.2, 0) is 19.6 Å². The summed E-state index contributed by atoms with van der Waals surface area (Å²) >= 11 is 0. The van der Waals surface area contributed by atoms with Gasteiger partial charge in [-0.25, -0.2) is 12.8 Å². The van der Waals surface area contributed by atoms with Crippen LogP contribution in [0.4, 0.5) is 10.1 Å². The van der Waals surface area contributed by atoms with E-state index in [0.29, 0.717) is 48.2 Å². The Balaban J connectivity index is 1.51. The number of hydrogen-bond acceptors (Lipinski definition) is 5. The summed E-state index contributed by atoms with van der Waals surface area (Å²) in [7, 11) is -3.72. The van der Waals surface area contributed by atoms with Gasteiger partial charge in [0.15, 0.2) is 0 Å². The Hall–Kier alpha value is -2.33. The number of carbonyl (C=O) groups excluding carboxylic acids is 1. The van der Waals surface area contributed by atoms with E-state index in [1.807, 2.05) is 24.0 Å². The van der Waals surface area contributed by atoms with Gasteiger partial charge in [0, 0.05) is 30.4 Å². The molecule has 0 aliphatic carbocycles. The first-order valence-corrected chi connectivity index (χ1v) is 14.4. The molecule has 2 aliphatic rings. The number of ether oxygens (including phenoxy) is 1. The molecule has 1 amide bonds. The largest absolute Gasteiger partial charge is 0.371 e. The number of halogens is 1. The number of piperidine rings is 1. The predicted octanol–water partition coefficient (Wildman–Crippen LogP) is 4.35. The minimum atomic E-state index is -3.72. The van der Waals surface area contributed by atoms with E-state index in [0.717, 1.165) is 18.4 Å². The molecule has 37 heavy (non-hydrogen) atoms. The maximum atomic E-state index is 13.9. The average molecular weight is 532 g/mol. The fraction of sp³-hybridized carbons (Fsp3) is 0.536. The zero-order valence-electron chi connectivity index (χ0n) is 22.2. The molecule has 2 atom stereocenters. The van der Waals surface area contributed by atoms with Crippen molar-refractivity contribution >= 4 is 21.6 Å². The van der Waals surface area contributed by atoms with Gasteiger partial charge in [-0.2, -0.15) is 4.31 Å². The normalized spacial score (nSPS) is 23.5. The molecular weight excluding hydrogens is 493 g/mol. The highest BCUT2D eigenvalue weighted by Gasteiger charge is 2.47. The maximum absolute atomic E-state index is 13.9. The summed E-state index contributed by atoms with van der Waals surface area (Å²) in [6, 6.07) is 11.4. The van der Waals surface area contributed by atoms with Crippen LogP contribution in [0.25, 0.3) is 0 Å². The molecule has 1 spiro atoms. The number of hydrogen-bond donors (Lipinski definition) is 1. The Morgan fingerprint density at radius 1 is 1.16 bits per heavy atom. The second-order valence-corrected chi connectivity index (χ2v) is 12.8. The van der Waals surface area contributed by atoms with Gasteiger partial charge >= 0.3 is 0 Å². The zero-order valence-corrected chi connectivity index (χ0v) is 23.0. The minimum Gasteiger partial charge on any atom is -0.371 e. The Morgan fingerprint density at radius 2 is 1.89 bits per heavy atom. The smallest absolute Gasteiger partial charge is 0.243 e. The molecule has 2 fully saturated rings. The predicted molar refractivity (Wildman–Crippen MR) is 142 cm³/mol. The second kappa shape index (κ2) is 11.2. The molecule has 0 bridgehead atoms. The lowest BCUT2D eigenvalue weighted by molar-refractivity contribution is -0.146. The number of anilines is 1. The van der Waals surface area contributed by atoms with Crippen LogP contribution in [0.3, 0.4) is 0 Å². The zero-order chi connectivity index (χ0) is 26.8. The number of carbonyl (C=O) groups is 1. The van der Waals surface area contributed by atoms with Crippen LogP contribution in [-0.4, -0.2) is 68.0 Å². The van der Waals surface area contributed by atoms with Gasteiger partial charge in [0.05, 0.1) is 23.6 Å².